The Bertz CT molecular complexity index is 679. The van der Waals surface area contributed by atoms with Crippen molar-refractivity contribution in [3.63, 3.8) is 0 Å². The van der Waals surface area contributed by atoms with Gasteiger partial charge in [0.2, 0.25) is 0 Å². The molecule has 3 N–H and O–H groups in total. The number of para-hydroxylation sites is 1. The van der Waals surface area contributed by atoms with Crippen molar-refractivity contribution < 1.29 is 19.8 Å². The average Bonchev–Trinajstić information content (AvgIpc) is 2.46. The fourth-order valence-corrected chi connectivity index (χ4v) is 1.94. The molecule has 0 aliphatic carbocycles. The van der Waals surface area contributed by atoms with Gasteiger partial charge in [0.05, 0.1) is 16.8 Å². The Morgan fingerprint density at radius 1 is 0.950 bits per heavy atom. The van der Waals surface area contributed by atoms with Gasteiger partial charge in [0.1, 0.15) is 5.75 Å². The second-order valence-corrected chi connectivity index (χ2v) is 4.13. The van der Waals surface area contributed by atoms with Gasteiger partial charge in [-0.1, -0.05) is 24.3 Å². The van der Waals surface area contributed by atoms with Crippen LogP contribution in [0.1, 0.15) is 26.3 Å². The number of phenols is 1. The Balaban J connectivity index is 2.55. The average molecular weight is 271 g/mol. The number of hydrogen-bond donors (Lipinski definition) is 3. The minimum absolute atomic E-state index is 0.0450. The van der Waals surface area contributed by atoms with Gasteiger partial charge in [-0.15, -0.1) is 0 Å². The zero-order chi connectivity index (χ0) is 14.7. The maximum Gasteiger partial charge on any atom is 0.336 e. The molecule has 0 aliphatic heterocycles. The van der Waals surface area contributed by atoms with Gasteiger partial charge in [-0.2, -0.15) is 0 Å². The van der Waals surface area contributed by atoms with E-state index >= 15 is 0 Å². The molecular formula is C15H13NO4. The Kier molecular flexibility index (Phi) is 3.70. The van der Waals surface area contributed by atoms with Crippen LogP contribution >= 0.6 is 0 Å². The molecule has 0 spiro atoms. The van der Waals surface area contributed by atoms with E-state index in [0.717, 1.165) is 0 Å². The molecule has 0 amide bonds. The van der Waals surface area contributed by atoms with E-state index in [9.17, 15) is 14.7 Å². The first kappa shape index (κ1) is 13.6. The molecule has 2 aromatic carbocycles. The predicted molar refractivity (Wildman–Crippen MR) is 74.5 cm³/mol. The highest BCUT2D eigenvalue weighted by Gasteiger charge is 2.20. The van der Waals surface area contributed by atoms with Crippen LogP contribution in [0.5, 0.6) is 5.75 Å². The summed E-state index contributed by atoms with van der Waals surface area (Å²) in [5, 5.41) is 21.9. The topological polar surface area (TPSA) is 86.6 Å². The third-order valence-corrected chi connectivity index (χ3v) is 2.95. The number of benzene rings is 2. The molecule has 5 heteroatoms. The molecule has 0 saturated carbocycles. The van der Waals surface area contributed by atoms with Gasteiger partial charge in [0, 0.05) is 12.6 Å². The van der Waals surface area contributed by atoms with Crippen LogP contribution in [0, 0.1) is 0 Å². The summed E-state index contributed by atoms with van der Waals surface area (Å²) in [5.41, 5.74) is 0.421. The Hall–Kier alpha value is -2.82. The van der Waals surface area contributed by atoms with Crippen molar-refractivity contribution in [2.45, 2.75) is 0 Å². The highest BCUT2D eigenvalue weighted by molar-refractivity contribution is 6.16. The van der Waals surface area contributed by atoms with Gasteiger partial charge in [-0.25, -0.2) is 4.79 Å². The van der Waals surface area contributed by atoms with Crippen molar-refractivity contribution in [1.29, 1.82) is 0 Å². The zero-order valence-corrected chi connectivity index (χ0v) is 10.8. The molecule has 0 aliphatic rings. The largest absolute Gasteiger partial charge is 0.505 e. The summed E-state index contributed by atoms with van der Waals surface area (Å²) in [6.07, 6.45) is 0. The molecule has 0 saturated heterocycles. The van der Waals surface area contributed by atoms with Gasteiger partial charge in [-0.05, 0) is 18.2 Å². The van der Waals surface area contributed by atoms with Gasteiger partial charge < -0.3 is 15.5 Å². The summed E-state index contributed by atoms with van der Waals surface area (Å²) in [4.78, 5) is 23.5. The molecule has 0 bridgehead atoms. The van der Waals surface area contributed by atoms with Crippen LogP contribution in [0.3, 0.4) is 0 Å². The fraction of sp³-hybridized carbons (Fsp3) is 0.0667. The van der Waals surface area contributed by atoms with Crippen molar-refractivity contribution in [1.82, 2.24) is 0 Å². The molecule has 2 rings (SSSR count). The monoisotopic (exact) mass is 271 g/mol. The van der Waals surface area contributed by atoms with E-state index in [0.29, 0.717) is 5.69 Å². The first-order valence-electron chi connectivity index (χ1n) is 5.93. The number of carboxylic acids is 1. The maximum atomic E-state index is 12.4. The summed E-state index contributed by atoms with van der Waals surface area (Å²) in [6.45, 7) is 0. The Morgan fingerprint density at radius 2 is 1.55 bits per heavy atom. The number of nitrogens with one attached hydrogen (secondary N) is 1. The number of aromatic carboxylic acids is 1. The number of carbonyl (C=O) groups is 2. The fourth-order valence-electron chi connectivity index (χ4n) is 1.94. The van der Waals surface area contributed by atoms with E-state index in [1.165, 1.54) is 18.2 Å². The molecule has 2 aromatic rings. The van der Waals surface area contributed by atoms with E-state index in [-0.39, 0.29) is 22.4 Å². The van der Waals surface area contributed by atoms with Crippen LogP contribution in [0.25, 0.3) is 0 Å². The van der Waals surface area contributed by atoms with Crippen molar-refractivity contribution >= 4 is 17.4 Å². The van der Waals surface area contributed by atoms with Crippen LogP contribution in [-0.2, 0) is 0 Å². The second kappa shape index (κ2) is 5.44. The second-order valence-electron chi connectivity index (χ2n) is 4.13. The molecule has 0 radical (unpaired) electrons. The van der Waals surface area contributed by atoms with E-state index in [2.05, 4.69) is 5.32 Å². The highest BCUT2D eigenvalue weighted by Crippen LogP contribution is 2.29. The smallest absolute Gasteiger partial charge is 0.336 e. The third-order valence-electron chi connectivity index (χ3n) is 2.95. The van der Waals surface area contributed by atoms with E-state index in [1.54, 1.807) is 31.3 Å². The van der Waals surface area contributed by atoms with Crippen molar-refractivity contribution in [2.24, 2.45) is 0 Å². The maximum absolute atomic E-state index is 12.4. The van der Waals surface area contributed by atoms with E-state index < -0.39 is 11.8 Å². The lowest BCUT2D eigenvalue weighted by Crippen LogP contribution is -2.10. The molecule has 0 fully saturated rings. The third kappa shape index (κ3) is 2.33. The first-order valence-corrected chi connectivity index (χ1v) is 5.93. The molecular weight excluding hydrogens is 258 g/mol. The number of anilines is 1. The summed E-state index contributed by atoms with van der Waals surface area (Å²) >= 11 is 0. The molecule has 5 nitrogen and oxygen atoms in total. The van der Waals surface area contributed by atoms with Crippen LogP contribution in [0.4, 0.5) is 5.69 Å². The van der Waals surface area contributed by atoms with Gasteiger partial charge >= 0.3 is 5.97 Å². The predicted octanol–water partition coefficient (Wildman–Crippen LogP) is 2.36. The highest BCUT2D eigenvalue weighted by atomic mass is 16.4. The van der Waals surface area contributed by atoms with Crippen LogP contribution in [0.2, 0.25) is 0 Å². The molecule has 0 aromatic heterocycles. The van der Waals surface area contributed by atoms with E-state index in [4.69, 9.17) is 5.11 Å². The van der Waals surface area contributed by atoms with Crippen LogP contribution in [-0.4, -0.2) is 29.0 Å². The van der Waals surface area contributed by atoms with Crippen LogP contribution < -0.4 is 5.32 Å². The number of hydrogen-bond acceptors (Lipinski definition) is 4. The molecule has 20 heavy (non-hydrogen) atoms. The SMILES string of the molecule is CNc1cccc(C(=O)c2ccccc2C(=O)O)c1O. The summed E-state index contributed by atoms with van der Waals surface area (Å²) in [5.74, 6) is -1.91. The van der Waals surface area contributed by atoms with Gasteiger partial charge in [-0.3, -0.25) is 4.79 Å². The number of phenolic OH excluding ortho intramolecular Hbond substituents is 1. The van der Waals surface area contributed by atoms with Gasteiger partial charge in [0.15, 0.2) is 5.78 Å². The first-order chi connectivity index (χ1) is 9.56. The molecule has 0 heterocycles. The minimum atomic E-state index is -1.18. The Morgan fingerprint density at radius 3 is 2.15 bits per heavy atom. The zero-order valence-electron chi connectivity index (χ0n) is 10.8. The summed E-state index contributed by atoms with van der Waals surface area (Å²) in [7, 11) is 1.62. The summed E-state index contributed by atoms with van der Waals surface area (Å²) in [6, 6.07) is 10.6. The number of rotatable bonds is 4. The minimum Gasteiger partial charge on any atom is -0.505 e. The van der Waals surface area contributed by atoms with E-state index in [1.807, 2.05) is 0 Å². The number of carbonyl (C=O) groups excluding carboxylic acids is 1. The molecule has 0 unspecified atom stereocenters. The number of carboxylic acid groups (broad SMARTS) is 1. The van der Waals surface area contributed by atoms with Crippen LogP contribution in [0.15, 0.2) is 42.5 Å². The number of ketones is 1. The molecule has 102 valence electrons. The lowest BCUT2D eigenvalue weighted by Gasteiger charge is -2.10. The van der Waals surface area contributed by atoms with Gasteiger partial charge in [0.25, 0.3) is 0 Å². The van der Waals surface area contributed by atoms with Crippen molar-refractivity contribution in [3.8, 4) is 5.75 Å². The van der Waals surface area contributed by atoms with Crippen molar-refractivity contribution in [2.75, 3.05) is 12.4 Å². The van der Waals surface area contributed by atoms with Crippen molar-refractivity contribution in [3.05, 3.63) is 59.2 Å². The number of aromatic hydroxyl groups is 1. The normalized spacial score (nSPS) is 10.1. The Labute approximate surface area is 115 Å². The lowest BCUT2D eigenvalue weighted by molar-refractivity contribution is 0.0692. The summed E-state index contributed by atoms with van der Waals surface area (Å²) < 4.78 is 0. The standard InChI is InChI=1S/C15H13NO4/c1-16-12-8-4-7-11(14(12)18)13(17)9-5-2-3-6-10(9)15(19)20/h2-8,16,18H,1H3,(H,19,20). The molecule has 0 atom stereocenters. The lowest BCUT2D eigenvalue weighted by atomic mass is 9.97. The quantitative estimate of drug-likeness (QED) is 0.587.